The molecular formula is C18H19F7N6O2. The first kappa shape index (κ1) is 25.8. The summed E-state index contributed by atoms with van der Waals surface area (Å²) in [5, 5.41) is 2.58. The van der Waals surface area contributed by atoms with Crippen LogP contribution in [0.1, 0.15) is 23.9 Å². The zero-order valence-corrected chi connectivity index (χ0v) is 17.3. The van der Waals surface area contributed by atoms with Crippen molar-refractivity contribution < 1.29 is 40.3 Å². The Hall–Kier alpha value is -3.49. The molecule has 0 aliphatic carbocycles. The smallest absolute Gasteiger partial charge is 0.407 e. The third-order valence-corrected chi connectivity index (χ3v) is 4.25. The Morgan fingerprint density at radius 2 is 1.88 bits per heavy atom. The number of carbonyl (C=O) groups is 1. The molecule has 0 radical (unpaired) electrons. The van der Waals surface area contributed by atoms with Crippen molar-refractivity contribution in [1.29, 1.82) is 0 Å². The average Bonchev–Trinajstić information content (AvgIpc) is 2.72. The van der Waals surface area contributed by atoms with E-state index in [-0.39, 0.29) is 11.9 Å². The molecule has 1 aromatic heterocycles. The van der Waals surface area contributed by atoms with Crippen molar-refractivity contribution in [2.24, 2.45) is 5.73 Å². The Balaban J connectivity index is 2.63. The maximum absolute atomic E-state index is 13.7. The van der Waals surface area contributed by atoms with Crippen LogP contribution in [0.25, 0.3) is 5.70 Å². The molecule has 8 nitrogen and oxygen atoms in total. The number of alkyl halides is 6. The number of nitrogens with one attached hydrogen (secondary N) is 3. The van der Waals surface area contributed by atoms with E-state index in [0.29, 0.717) is 11.1 Å². The van der Waals surface area contributed by atoms with Gasteiger partial charge in [0.05, 0.1) is 11.7 Å². The number of hydrogen-bond donors (Lipinski definition) is 4. The van der Waals surface area contributed by atoms with Gasteiger partial charge in [-0.3, -0.25) is 4.90 Å². The molecule has 2 rings (SSSR count). The molecule has 0 saturated carbocycles. The SMILES string of the molecule is CNN/C(=C\N)c1nc(C(F)(F)F)cc(C(F)(F)F)c1OC(=O)N(C)C1=CC=C(F)C(C)N1. The lowest BCUT2D eigenvalue weighted by Gasteiger charge is -2.27. The van der Waals surface area contributed by atoms with Crippen molar-refractivity contribution in [3.8, 4) is 5.75 Å². The van der Waals surface area contributed by atoms with E-state index in [2.05, 4.69) is 21.2 Å². The molecule has 1 aromatic rings. The minimum atomic E-state index is -5.37. The second-order valence-electron chi connectivity index (χ2n) is 6.58. The van der Waals surface area contributed by atoms with E-state index >= 15 is 0 Å². The third kappa shape index (κ3) is 5.85. The van der Waals surface area contributed by atoms with Crippen molar-refractivity contribution in [2.45, 2.75) is 25.3 Å². The van der Waals surface area contributed by atoms with Crippen molar-refractivity contribution in [2.75, 3.05) is 14.1 Å². The topological polar surface area (TPSA) is 105 Å². The molecule has 1 aliphatic rings. The zero-order valence-electron chi connectivity index (χ0n) is 17.3. The number of carbonyl (C=O) groups excluding carboxylic acids is 1. The van der Waals surface area contributed by atoms with E-state index in [9.17, 15) is 35.5 Å². The average molecular weight is 484 g/mol. The number of nitrogens with zero attached hydrogens (tertiary/aromatic N) is 2. The monoisotopic (exact) mass is 484 g/mol. The fourth-order valence-electron chi connectivity index (χ4n) is 2.59. The predicted octanol–water partition coefficient (Wildman–Crippen LogP) is 3.22. The van der Waals surface area contributed by atoms with Gasteiger partial charge in [0.2, 0.25) is 0 Å². The Morgan fingerprint density at radius 3 is 2.36 bits per heavy atom. The molecule has 182 valence electrons. The summed E-state index contributed by atoms with van der Waals surface area (Å²) in [4.78, 5) is 16.5. The molecule has 33 heavy (non-hydrogen) atoms. The molecule has 1 atom stereocenters. The zero-order chi connectivity index (χ0) is 25.1. The maximum atomic E-state index is 13.7. The highest BCUT2D eigenvalue weighted by Gasteiger charge is 2.43. The molecule has 0 aromatic carbocycles. The summed E-state index contributed by atoms with van der Waals surface area (Å²) >= 11 is 0. The first-order valence-corrected chi connectivity index (χ1v) is 9.04. The van der Waals surface area contributed by atoms with Crippen LogP contribution < -0.4 is 26.6 Å². The van der Waals surface area contributed by atoms with Gasteiger partial charge in [-0.05, 0) is 25.1 Å². The van der Waals surface area contributed by atoms with Crippen LogP contribution in [0.4, 0.5) is 35.5 Å². The normalized spacial score (nSPS) is 17.0. The highest BCUT2D eigenvalue weighted by molar-refractivity contribution is 5.77. The highest BCUT2D eigenvalue weighted by Crippen LogP contribution is 2.42. The lowest BCUT2D eigenvalue weighted by Crippen LogP contribution is -2.41. The molecule has 1 aliphatic heterocycles. The van der Waals surface area contributed by atoms with Gasteiger partial charge in [0.15, 0.2) is 5.75 Å². The molecule has 5 N–H and O–H groups in total. The number of rotatable bonds is 5. The van der Waals surface area contributed by atoms with Crippen LogP contribution in [0.3, 0.4) is 0 Å². The van der Waals surface area contributed by atoms with Gasteiger partial charge in [0, 0.05) is 20.3 Å². The van der Waals surface area contributed by atoms with Gasteiger partial charge in [-0.15, -0.1) is 0 Å². The molecule has 2 heterocycles. The molecule has 0 spiro atoms. The van der Waals surface area contributed by atoms with Crippen molar-refractivity contribution in [3.63, 3.8) is 0 Å². The standard InChI is InChI=1S/C18H19F7N6O2/c1-8-10(19)4-5-13(28-8)31(3)16(32)33-15-9(17(20,21)22)6-12(18(23,24)25)29-14(15)11(7-26)30-27-2/h4-8,27-28,30H,26H2,1-3H3/b11-7-. The van der Waals surface area contributed by atoms with Crippen LogP contribution in [0.15, 0.2) is 36.1 Å². The van der Waals surface area contributed by atoms with Crippen molar-refractivity contribution in [3.05, 3.63) is 53.0 Å². The van der Waals surface area contributed by atoms with Gasteiger partial charge in [-0.2, -0.15) is 26.3 Å². The Morgan fingerprint density at radius 1 is 1.24 bits per heavy atom. The van der Waals surface area contributed by atoms with Gasteiger partial charge in [-0.1, -0.05) is 0 Å². The van der Waals surface area contributed by atoms with E-state index in [1.54, 1.807) is 0 Å². The van der Waals surface area contributed by atoms with Gasteiger partial charge in [-0.25, -0.2) is 19.6 Å². The Kier molecular flexibility index (Phi) is 7.46. The van der Waals surface area contributed by atoms with Gasteiger partial charge in [0.1, 0.15) is 28.6 Å². The van der Waals surface area contributed by atoms with E-state index in [4.69, 9.17) is 10.5 Å². The van der Waals surface area contributed by atoms with E-state index in [1.807, 2.05) is 0 Å². The Bertz CT molecular complexity index is 1000. The van der Waals surface area contributed by atoms with Crippen molar-refractivity contribution >= 4 is 11.8 Å². The Labute approximate surface area is 182 Å². The molecule has 1 unspecified atom stereocenters. The number of aromatic nitrogens is 1. The number of hydrogen-bond acceptors (Lipinski definition) is 7. The number of ether oxygens (including phenoxy) is 1. The van der Waals surface area contributed by atoms with Gasteiger partial charge >= 0.3 is 18.4 Å². The first-order chi connectivity index (χ1) is 15.2. The predicted molar refractivity (Wildman–Crippen MR) is 102 cm³/mol. The van der Waals surface area contributed by atoms with Crippen LogP contribution in [0, 0.1) is 0 Å². The molecule has 15 heteroatoms. The number of allylic oxidation sites excluding steroid dienone is 2. The molecule has 0 saturated heterocycles. The van der Waals surface area contributed by atoms with Crippen LogP contribution in [0.5, 0.6) is 5.75 Å². The lowest BCUT2D eigenvalue weighted by molar-refractivity contribution is -0.146. The van der Waals surface area contributed by atoms with Crippen molar-refractivity contribution in [1.82, 2.24) is 26.1 Å². The lowest BCUT2D eigenvalue weighted by atomic mass is 10.1. The molecule has 1 amide bonds. The summed E-state index contributed by atoms with van der Waals surface area (Å²) in [7, 11) is 2.36. The minimum absolute atomic E-state index is 0.0354. The number of pyridine rings is 1. The van der Waals surface area contributed by atoms with Gasteiger partial charge < -0.3 is 21.2 Å². The van der Waals surface area contributed by atoms with E-state index < -0.39 is 58.7 Å². The fraction of sp³-hybridized carbons (Fsp3) is 0.333. The van der Waals surface area contributed by atoms with Gasteiger partial charge in [0.25, 0.3) is 0 Å². The third-order valence-electron chi connectivity index (χ3n) is 4.25. The molecule has 0 fully saturated rings. The summed E-state index contributed by atoms with van der Waals surface area (Å²) in [6.45, 7) is 1.42. The highest BCUT2D eigenvalue weighted by atomic mass is 19.4. The van der Waals surface area contributed by atoms with E-state index in [1.165, 1.54) is 14.0 Å². The quantitative estimate of drug-likeness (QED) is 0.376. The van der Waals surface area contributed by atoms with Crippen LogP contribution in [-0.2, 0) is 12.4 Å². The number of hydrazine groups is 1. The largest absolute Gasteiger partial charge is 0.433 e. The summed E-state index contributed by atoms with van der Waals surface area (Å²) in [5.41, 5.74) is 4.49. The van der Waals surface area contributed by atoms with E-state index in [0.717, 1.165) is 19.2 Å². The number of nitrogens with two attached hydrogens (primary N) is 1. The fourth-order valence-corrected chi connectivity index (χ4v) is 2.59. The molecule has 0 bridgehead atoms. The summed E-state index contributed by atoms with van der Waals surface area (Å²) in [6, 6.07) is -1.13. The van der Waals surface area contributed by atoms with Crippen LogP contribution in [-0.4, -0.2) is 36.1 Å². The van der Waals surface area contributed by atoms with Crippen LogP contribution >= 0.6 is 0 Å². The summed E-state index contributed by atoms with van der Waals surface area (Å²) in [6.07, 6.45) is -9.25. The molecular weight excluding hydrogens is 465 g/mol. The van der Waals surface area contributed by atoms with Crippen LogP contribution in [0.2, 0.25) is 0 Å². The maximum Gasteiger partial charge on any atom is 0.433 e. The summed E-state index contributed by atoms with van der Waals surface area (Å²) < 4.78 is 99.1. The number of dihydropyridines is 1. The number of halogens is 7. The first-order valence-electron chi connectivity index (χ1n) is 9.04. The summed E-state index contributed by atoms with van der Waals surface area (Å²) in [5.74, 6) is -1.92. The minimum Gasteiger partial charge on any atom is -0.407 e. The number of amides is 1. The second-order valence-corrected chi connectivity index (χ2v) is 6.58. The second kappa shape index (κ2) is 9.56.